The molecule has 3 aliphatic rings. The summed E-state index contributed by atoms with van der Waals surface area (Å²) in [4.78, 5) is 34.6. The molecule has 0 radical (unpaired) electrons. The van der Waals surface area contributed by atoms with Crippen LogP contribution < -0.4 is 21.7 Å². The van der Waals surface area contributed by atoms with Crippen LogP contribution in [0.4, 0.5) is 10.6 Å². The Kier molecular flexibility index (Phi) is 10.2. The van der Waals surface area contributed by atoms with E-state index in [2.05, 4.69) is 75.1 Å². The Morgan fingerprint density at radius 1 is 1.11 bits per heavy atom. The number of benzene rings is 1. The van der Waals surface area contributed by atoms with Crippen LogP contribution in [0.25, 0.3) is 0 Å². The van der Waals surface area contributed by atoms with Crippen molar-refractivity contribution in [3.05, 3.63) is 95.4 Å². The fourth-order valence-electron chi connectivity index (χ4n) is 6.46. The molecule has 2 fully saturated rings. The van der Waals surface area contributed by atoms with Crippen LogP contribution in [0, 0.1) is 11.3 Å². The van der Waals surface area contributed by atoms with E-state index in [0.717, 1.165) is 63.3 Å². The van der Waals surface area contributed by atoms with Gasteiger partial charge in [-0.25, -0.2) is 9.78 Å². The summed E-state index contributed by atoms with van der Waals surface area (Å²) < 4.78 is 0. The second kappa shape index (κ2) is 14.4. The van der Waals surface area contributed by atoms with E-state index in [-0.39, 0.29) is 18.1 Å². The zero-order valence-corrected chi connectivity index (χ0v) is 26.2. The van der Waals surface area contributed by atoms with Crippen LogP contribution in [0.15, 0.2) is 84.2 Å². The molecule has 10 heteroatoms. The topological polar surface area (TPSA) is 139 Å². The molecular weight excluding hydrogens is 564 g/mol. The number of likely N-dealkylation sites (N-methyl/N-ethyl adjacent to an activating group) is 1. The predicted molar refractivity (Wildman–Crippen MR) is 176 cm³/mol. The van der Waals surface area contributed by atoms with Crippen LogP contribution in [0.2, 0.25) is 0 Å². The number of carbonyl (C=O) groups is 2. The maximum Gasteiger partial charge on any atom is 0.315 e. The smallest absolute Gasteiger partial charge is 0.315 e. The molecule has 3 amide bonds. The first-order chi connectivity index (χ1) is 21.7. The number of nitrogens with one attached hydrogen (secondary N) is 3. The third kappa shape index (κ3) is 8.73. The van der Waals surface area contributed by atoms with Gasteiger partial charge in [-0.05, 0) is 88.4 Å². The molecule has 0 spiro atoms. The first kappa shape index (κ1) is 31.8. The number of nitrogens with zero attached hydrogens (tertiary/aromatic N) is 4. The van der Waals surface area contributed by atoms with Gasteiger partial charge in [-0.3, -0.25) is 4.79 Å². The SMILES string of the molecule is C[C@H]1CN(C2=CC(C=CC(N)=O)(NC(=O)NC3CCC(Nc4ccc(C#N)cn4)CC3)CC(Cc3ccccc3)=C2)CCN1C. The summed E-state index contributed by atoms with van der Waals surface area (Å²) in [5, 5.41) is 18.9. The van der Waals surface area contributed by atoms with Gasteiger partial charge in [0.2, 0.25) is 5.91 Å². The van der Waals surface area contributed by atoms with E-state index in [1.54, 1.807) is 18.3 Å². The number of allylic oxidation sites excluding steroid dienone is 1. The lowest BCUT2D eigenvalue weighted by molar-refractivity contribution is -0.113. The zero-order chi connectivity index (χ0) is 31.8. The Labute approximate surface area is 266 Å². The van der Waals surface area contributed by atoms with Gasteiger partial charge in [0, 0.05) is 55.7 Å². The molecule has 1 aromatic carbocycles. The quantitative estimate of drug-likeness (QED) is 0.317. The summed E-state index contributed by atoms with van der Waals surface area (Å²) >= 11 is 0. The van der Waals surface area contributed by atoms with Gasteiger partial charge in [0.15, 0.2) is 0 Å². The van der Waals surface area contributed by atoms with Crippen molar-refractivity contribution in [3.8, 4) is 6.07 Å². The minimum absolute atomic E-state index is 0.0268. The Hall–Kier alpha value is -4.62. The minimum atomic E-state index is -0.917. The number of primary amides is 1. The van der Waals surface area contributed by atoms with Gasteiger partial charge < -0.3 is 31.5 Å². The predicted octanol–water partition coefficient (Wildman–Crippen LogP) is 3.85. The molecule has 1 saturated carbocycles. The van der Waals surface area contributed by atoms with Crippen LogP contribution >= 0.6 is 0 Å². The fraction of sp³-hybridized carbons (Fsp3) is 0.429. The maximum absolute atomic E-state index is 13.6. The zero-order valence-electron chi connectivity index (χ0n) is 26.2. The molecule has 1 unspecified atom stereocenters. The van der Waals surface area contributed by atoms with Crippen LogP contribution in [-0.2, 0) is 11.2 Å². The van der Waals surface area contributed by atoms with Gasteiger partial charge >= 0.3 is 6.03 Å². The lowest BCUT2D eigenvalue weighted by Crippen LogP contribution is -2.55. The van der Waals surface area contributed by atoms with Gasteiger partial charge in [0.25, 0.3) is 0 Å². The molecule has 1 aromatic heterocycles. The molecule has 2 heterocycles. The van der Waals surface area contributed by atoms with Crippen molar-refractivity contribution in [2.24, 2.45) is 5.73 Å². The van der Waals surface area contributed by atoms with Gasteiger partial charge in [0.1, 0.15) is 11.9 Å². The third-order valence-electron chi connectivity index (χ3n) is 9.07. The molecule has 1 saturated heterocycles. The largest absolute Gasteiger partial charge is 0.369 e. The van der Waals surface area contributed by atoms with E-state index < -0.39 is 11.4 Å². The van der Waals surface area contributed by atoms with E-state index in [4.69, 9.17) is 11.0 Å². The first-order valence-electron chi connectivity index (χ1n) is 15.8. The van der Waals surface area contributed by atoms with Crippen molar-refractivity contribution in [1.82, 2.24) is 25.4 Å². The normalized spacial score (nSPS) is 25.5. The second-order valence-corrected chi connectivity index (χ2v) is 12.6. The number of anilines is 1. The molecule has 45 heavy (non-hydrogen) atoms. The van der Waals surface area contributed by atoms with E-state index >= 15 is 0 Å². The lowest BCUT2D eigenvalue weighted by atomic mass is 9.82. The number of nitrogens with two attached hydrogens (primary N) is 1. The summed E-state index contributed by atoms with van der Waals surface area (Å²) in [5.74, 6) is 0.196. The summed E-state index contributed by atoms with van der Waals surface area (Å²) in [6, 6.07) is 16.4. The molecule has 10 nitrogen and oxygen atoms in total. The number of carbonyl (C=O) groups excluding carboxylic acids is 2. The minimum Gasteiger partial charge on any atom is -0.369 e. The number of amides is 3. The highest BCUT2D eigenvalue weighted by atomic mass is 16.2. The molecule has 1 aliphatic heterocycles. The Morgan fingerprint density at radius 3 is 2.53 bits per heavy atom. The van der Waals surface area contributed by atoms with Crippen molar-refractivity contribution in [3.63, 3.8) is 0 Å². The molecule has 0 bridgehead atoms. The average Bonchev–Trinajstić information content (AvgIpc) is 3.03. The Morgan fingerprint density at radius 2 is 1.87 bits per heavy atom. The standard InChI is InChI=1S/C35H44N8O2/c1-25-24-43(17-16-42(25)2)31-19-28(18-26-6-4-3-5-7-26)20-35(21-31,15-14-32(37)44)41-34(45)40-30-11-9-29(10-12-30)39-33-13-8-27(22-36)23-38-33/h3-8,13-15,19,21,23,25,29-30H,9-12,16-18,20,24H2,1-2H3,(H2,37,44)(H,38,39)(H2,40,41,45)/t25-,29?,30?,35?/m0/s1. The van der Waals surface area contributed by atoms with Crippen molar-refractivity contribution < 1.29 is 9.59 Å². The van der Waals surface area contributed by atoms with Gasteiger partial charge in [-0.1, -0.05) is 35.9 Å². The second-order valence-electron chi connectivity index (χ2n) is 12.6. The highest BCUT2D eigenvalue weighted by molar-refractivity contribution is 5.86. The molecule has 2 aliphatic carbocycles. The molecular formula is C35H44N8O2. The molecule has 5 rings (SSSR count). The van der Waals surface area contributed by atoms with Crippen molar-refractivity contribution in [2.45, 2.75) is 69.1 Å². The highest BCUT2D eigenvalue weighted by Crippen LogP contribution is 2.33. The number of nitriles is 1. The molecule has 2 aromatic rings. The van der Waals surface area contributed by atoms with Crippen molar-refractivity contribution >= 4 is 17.8 Å². The van der Waals surface area contributed by atoms with Gasteiger partial charge in [0.05, 0.1) is 11.1 Å². The molecule has 5 N–H and O–H groups in total. The summed E-state index contributed by atoms with van der Waals surface area (Å²) in [5.41, 5.74) is 8.59. The molecule has 2 atom stereocenters. The maximum atomic E-state index is 13.6. The third-order valence-corrected chi connectivity index (χ3v) is 9.07. The lowest BCUT2D eigenvalue weighted by Gasteiger charge is -2.43. The Bertz CT molecular complexity index is 1470. The van der Waals surface area contributed by atoms with E-state index in [9.17, 15) is 9.59 Å². The van der Waals surface area contributed by atoms with Crippen LogP contribution in [0.3, 0.4) is 0 Å². The average molecular weight is 609 g/mol. The number of piperazine rings is 1. The van der Waals surface area contributed by atoms with Gasteiger partial charge in [-0.15, -0.1) is 0 Å². The van der Waals surface area contributed by atoms with Crippen LogP contribution in [0.1, 0.15) is 50.2 Å². The van der Waals surface area contributed by atoms with E-state index in [0.29, 0.717) is 18.0 Å². The number of aromatic nitrogens is 1. The summed E-state index contributed by atoms with van der Waals surface area (Å²) in [7, 11) is 2.15. The first-order valence-corrected chi connectivity index (χ1v) is 15.8. The highest BCUT2D eigenvalue weighted by Gasteiger charge is 2.35. The number of hydrogen-bond donors (Lipinski definition) is 4. The Balaban J connectivity index is 1.29. The number of urea groups is 1. The fourth-order valence-corrected chi connectivity index (χ4v) is 6.46. The number of hydrogen-bond acceptors (Lipinski definition) is 7. The molecule has 236 valence electrons. The number of rotatable bonds is 9. The summed E-state index contributed by atoms with van der Waals surface area (Å²) in [6.45, 7) is 4.91. The van der Waals surface area contributed by atoms with Crippen molar-refractivity contribution in [2.75, 3.05) is 32.0 Å². The van der Waals surface area contributed by atoms with Crippen LogP contribution in [-0.4, -0.2) is 77.1 Å². The van der Waals surface area contributed by atoms with Gasteiger partial charge in [-0.2, -0.15) is 5.26 Å². The van der Waals surface area contributed by atoms with E-state index in [1.807, 2.05) is 24.3 Å². The monoisotopic (exact) mass is 608 g/mol. The van der Waals surface area contributed by atoms with Crippen molar-refractivity contribution in [1.29, 1.82) is 5.26 Å². The van der Waals surface area contributed by atoms with E-state index in [1.165, 1.54) is 17.2 Å². The number of pyridine rings is 1. The summed E-state index contributed by atoms with van der Waals surface area (Å²) in [6.07, 6.45) is 13.7. The van der Waals surface area contributed by atoms with Crippen LogP contribution in [0.5, 0.6) is 0 Å².